The van der Waals surface area contributed by atoms with Crippen LogP contribution in [-0.2, 0) is 19.3 Å². The van der Waals surface area contributed by atoms with Crippen LogP contribution in [0.3, 0.4) is 0 Å². The molecule has 0 aliphatic rings. The average Bonchev–Trinajstić information content (AvgIpc) is 3.14. The van der Waals surface area contributed by atoms with Gasteiger partial charge in [-0.1, -0.05) is 37.7 Å². The molecule has 0 fully saturated rings. The van der Waals surface area contributed by atoms with Crippen LogP contribution in [0.5, 0.6) is 0 Å². The molecule has 0 bridgehead atoms. The molecular weight excluding hydrogens is 354 g/mol. The molecule has 3 heterocycles. The number of rotatable bonds is 6. The first-order valence-electron chi connectivity index (χ1n) is 8.47. The van der Waals surface area contributed by atoms with Crippen LogP contribution >= 0.6 is 11.8 Å². The first-order valence-corrected chi connectivity index (χ1v) is 9.46. The van der Waals surface area contributed by atoms with Gasteiger partial charge in [0.1, 0.15) is 22.5 Å². The van der Waals surface area contributed by atoms with Gasteiger partial charge in [-0.2, -0.15) is 0 Å². The van der Waals surface area contributed by atoms with E-state index < -0.39 is 0 Å². The minimum absolute atomic E-state index is 0.0695. The normalized spacial score (nSPS) is 11.6. The SMILES string of the molecule is CCCn1c(=O)n(C)c(=O)c2c(SCc3ccon3)nc(C(C)C)nc21. The lowest BCUT2D eigenvalue weighted by Crippen LogP contribution is -2.39. The standard InChI is InChI=1S/C17H21N5O3S/c1-5-7-22-14-12(16(23)21(4)17(22)24)15(19-13(18-14)10(2)3)26-9-11-6-8-25-20-11/h6,8,10H,5,7,9H2,1-4H3. The van der Waals surface area contributed by atoms with E-state index in [9.17, 15) is 9.59 Å². The molecule has 8 nitrogen and oxygen atoms in total. The fraction of sp³-hybridized carbons (Fsp3) is 0.471. The average molecular weight is 375 g/mol. The van der Waals surface area contributed by atoms with Crippen molar-refractivity contribution >= 4 is 22.8 Å². The minimum atomic E-state index is -0.379. The van der Waals surface area contributed by atoms with Gasteiger partial charge in [0.05, 0.1) is 5.69 Å². The first-order chi connectivity index (χ1) is 12.4. The maximum Gasteiger partial charge on any atom is 0.332 e. The van der Waals surface area contributed by atoms with E-state index in [1.54, 1.807) is 10.6 Å². The molecule has 0 amide bonds. The van der Waals surface area contributed by atoms with Crippen molar-refractivity contribution in [3.05, 3.63) is 44.7 Å². The van der Waals surface area contributed by atoms with Gasteiger partial charge >= 0.3 is 5.69 Å². The minimum Gasteiger partial charge on any atom is -0.364 e. The number of hydrogen-bond donors (Lipinski definition) is 0. The van der Waals surface area contributed by atoms with Crippen LogP contribution in [-0.4, -0.2) is 24.3 Å². The molecule has 3 aromatic rings. The quantitative estimate of drug-likeness (QED) is 0.482. The van der Waals surface area contributed by atoms with Gasteiger partial charge in [-0.3, -0.25) is 13.9 Å². The molecule has 0 saturated carbocycles. The molecule has 9 heteroatoms. The number of thioether (sulfide) groups is 1. The Balaban J connectivity index is 2.27. The monoisotopic (exact) mass is 375 g/mol. The van der Waals surface area contributed by atoms with Crippen LogP contribution in [0.1, 0.15) is 44.6 Å². The molecule has 3 rings (SSSR count). The van der Waals surface area contributed by atoms with Gasteiger partial charge in [0.25, 0.3) is 5.56 Å². The Morgan fingerprint density at radius 3 is 2.65 bits per heavy atom. The fourth-order valence-electron chi connectivity index (χ4n) is 2.60. The lowest BCUT2D eigenvalue weighted by molar-refractivity contribution is 0.414. The van der Waals surface area contributed by atoms with Crippen LogP contribution in [0.15, 0.2) is 31.5 Å². The summed E-state index contributed by atoms with van der Waals surface area (Å²) in [4.78, 5) is 34.5. The molecule has 0 radical (unpaired) electrons. The van der Waals surface area contributed by atoms with Gasteiger partial charge in [-0.25, -0.2) is 14.8 Å². The maximum atomic E-state index is 12.8. The Morgan fingerprint density at radius 2 is 2.04 bits per heavy atom. The van der Waals surface area contributed by atoms with Crippen molar-refractivity contribution < 1.29 is 4.52 Å². The predicted octanol–water partition coefficient (Wildman–Crippen LogP) is 2.30. The first kappa shape index (κ1) is 18.4. The van der Waals surface area contributed by atoms with E-state index in [2.05, 4.69) is 15.1 Å². The Hall–Kier alpha value is -2.42. The van der Waals surface area contributed by atoms with Gasteiger partial charge in [-0.05, 0) is 6.42 Å². The van der Waals surface area contributed by atoms with Crippen molar-refractivity contribution in [2.45, 2.75) is 50.4 Å². The highest BCUT2D eigenvalue weighted by Crippen LogP contribution is 2.27. The second-order valence-electron chi connectivity index (χ2n) is 6.32. The summed E-state index contributed by atoms with van der Waals surface area (Å²) in [6, 6.07) is 1.77. The summed E-state index contributed by atoms with van der Waals surface area (Å²) in [6.07, 6.45) is 2.26. The Morgan fingerprint density at radius 1 is 1.27 bits per heavy atom. The highest BCUT2D eigenvalue weighted by atomic mass is 32.2. The lowest BCUT2D eigenvalue weighted by Gasteiger charge is -2.14. The van der Waals surface area contributed by atoms with Gasteiger partial charge in [0, 0.05) is 31.3 Å². The van der Waals surface area contributed by atoms with Gasteiger partial charge in [0.15, 0.2) is 5.65 Å². The summed E-state index contributed by atoms with van der Waals surface area (Å²) < 4.78 is 7.54. The zero-order chi connectivity index (χ0) is 18.8. The molecule has 0 unspecified atom stereocenters. The van der Waals surface area contributed by atoms with Crippen molar-refractivity contribution in [3.8, 4) is 0 Å². The Labute approximate surface area is 154 Å². The van der Waals surface area contributed by atoms with Crippen LogP contribution in [0.4, 0.5) is 0 Å². The summed E-state index contributed by atoms with van der Waals surface area (Å²) in [7, 11) is 1.48. The lowest BCUT2D eigenvalue weighted by atomic mass is 10.2. The largest absolute Gasteiger partial charge is 0.364 e. The van der Waals surface area contributed by atoms with Gasteiger partial charge in [0.2, 0.25) is 0 Å². The molecule has 138 valence electrons. The van der Waals surface area contributed by atoms with E-state index in [1.165, 1.54) is 25.1 Å². The summed E-state index contributed by atoms with van der Waals surface area (Å²) in [6.45, 7) is 6.44. The summed E-state index contributed by atoms with van der Waals surface area (Å²) in [5, 5.41) is 4.83. The Kier molecular flexibility index (Phi) is 5.26. The molecule has 0 aromatic carbocycles. The van der Waals surface area contributed by atoms with E-state index in [1.807, 2.05) is 20.8 Å². The summed E-state index contributed by atoms with van der Waals surface area (Å²) in [5.74, 6) is 1.19. The molecule has 26 heavy (non-hydrogen) atoms. The van der Waals surface area contributed by atoms with Crippen LogP contribution in [0, 0.1) is 0 Å². The number of fused-ring (bicyclic) bond motifs is 1. The number of aromatic nitrogens is 5. The molecular formula is C17H21N5O3S. The highest BCUT2D eigenvalue weighted by molar-refractivity contribution is 7.98. The summed E-state index contributed by atoms with van der Waals surface area (Å²) in [5.41, 5.74) is 0.424. The third kappa shape index (κ3) is 3.31. The fourth-order valence-corrected chi connectivity index (χ4v) is 3.51. The van der Waals surface area contributed by atoms with E-state index in [4.69, 9.17) is 4.52 Å². The smallest absolute Gasteiger partial charge is 0.332 e. The molecule has 0 atom stereocenters. The van der Waals surface area contributed by atoms with Crippen LogP contribution < -0.4 is 11.2 Å². The van der Waals surface area contributed by atoms with Gasteiger partial charge < -0.3 is 4.52 Å². The summed E-state index contributed by atoms with van der Waals surface area (Å²) >= 11 is 1.39. The Bertz CT molecular complexity index is 1040. The second-order valence-corrected chi connectivity index (χ2v) is 7.28. The maximum absolute atomic E-state index is 12.8. The number of nitrogens with zero attached hydrogens (tertiary/aromatic N) is 5. The molecule has 0 saturated heterocycles. The molecule has 3 aromatic heterocycles. The molecule has 0 aliphatic heterocycles. The third-order valence-corrected chi connectivity index (χ3v) is 4.99. The molecule has 0 spiro atoms. The predicted molar refractivity (Wildman–Crippen MR) is 99.5 cm³/mol. The topological polar surface area (TPSA) is 95.8 Å². The highest BCUT2D eigenvalue weighted by Gasteiger charge is 2.19. The van der Waals surface area contributed by atoms with E-state index in [-0.39, 0.29) is 17.2 Å². The van der Waals surface area contributed by atoms with Crippen molar-refractivity contribution in [3.63, 3.8) is 0 Å². The van der Waals surface area contributed by atoms with Crippen LogP contribution in [0.25, 0.3) is 11.0 Å². The number of aryl methyl sites for hydroxylation is 1. The van der Waals surface area contributed by atoms with Gasteiger partial charge in [-0.15, -0.1) is 0 Å². The number of hydrogen-bond acceptors (Lipinski definition) is 7. The molecule has 0 aliphatic carbocycles. The van der Waals surface area contributed by atoms with E-state index in [0.29, 0.717) is 34.2 Å². The second kappa shape index (κ2) is 7.45. The third-order valence-electron chi connectivity index (χ3n) is 3.98. The van der Waals surface area contributed by atoms with Crippen molar-refractivity contribution in [2.75, 3.05) is 0 Å². The zero-order valence-electron chi connectivity index (χ0n) is 15.2. The van der Waals surface area contributed by atoms with E-state index in [0.717, 1.165) is 16.7 Å². The van der Waals surface area contributed by atoms with Crippen molar-refractivity contribution in [2.24, 2.45) is 7.05 Å². The van der Waals surface area contributed by atoms with Crippen molar-refractivity contribution in [1.82, 2.24) is 24.3 Å². The van der Waals surface area contributed by atoms with Crippen LogP contribution in [0.2, 0.25) is 0 Å². The van der Waals surface area contributed by atoms with Crippen molar-refractivity contribution in [1.29, 1.82) is 0 Å². The van der Waals surface area contributed by atoms with E-state index >= 15 is 0 Å². The zero-order valence-corrected chi connectivity index (χ0v) is 16.0. The molecule has 0 N–H and O–H groups in total.